The molecule has 5 heterocycles. The predicted octanol–water partition coefficient (Wildman–Crippen LogP) is 6.70. The Morgan fingerprint density at radius 3 is 2.27 bits per heavy atom. The number of amides is 3. The molecule has 3 aliphatic heterocycles. The molecule has 3 amide bonds. The third-order valence-electron chi connectivity index (χ3n) is 10.1. The number of aromatic amines is 2. The summed E-state index contributed by atoms with van der Waals surface area (Å²) < 4.78 is 22.3. The fourth-order valence-corrected chi connectivity index (χ4v) is 7.40. The van der Waals surface area contributed by atoms with E-state index in [9.17, 15) is 14.4 Å². The number of methoxy groups -OCH3 is 1. The zero-order valence-corrected chi connectivity index (χ0v) is 31.8. The number of hydrogen-bond donors (Lipinski definition) is 3. The van der Waals surface area contributed by atoms with E-state index in [-0.39, 0.29) is 37.3 Å². The highest BCUT2D eigenvalue weighted by atomic mass is 16.6. The van der Waals surface area contributed by atoms with Crippen molar-refractivity contribution in [2.24, 2.45) is 0 Å². The molecule has 2 aromatic carbocycles. The molecule has 3 atom stereocenters. The summed E-state index contributed by atoms with van der Waals surface area (Å²) in [5, 5.41) is 2.63. The van der Waals surface area contributed by atoms with Crippen molar-refractivity contribution in [3.05, 3.63) is 84.2 Å². The second-order valence-electron chi connectivity index (χ2n) is 15.0. The van der Waals surface area contributed by atoms with Crippen LogP contribution in [0.3, 0.4) is 0 Å². The van der Waals surface area contributed by atoms with E-state index in [4.69, 9.17) is 23.9 Å². The third-order valence-corrected chi connectivity index (χ3v) is 10.1. The van der Waals surface area contributed by atoms with Crippen LogP contribution in [0, 0.1) is 0 Å². The molecule has 2 bridgehead atoms. The van der Waals surface area contributed by atoms with E-state index in [2.05, 4.69) is 62.7 Å². The number of carbonyl (C=O) groups is 3. The Labute approximate surface area is 320 Å². The smallest absolute Gasteiger partial charge is 0.410 e. The van der Waals surface area contributed by atoms with Gasteiger partial charge < -0.3 is 39.1 Å². The molecule has 55 heavy (non-hydrogen) atoms. The first-order valence-corrected chi connectivity index (χ1v) is 18.9. The minimum Gasteiger partial charge on any atom is -0.453 e. The molecular formula is C41H49N7O7. The Bertz CT molecular complexity index is 2010. The standard InChI is InChI=1S/C41H49N7O7/c1-41(2,3)55-40(51)48-18-8-10-35(48)37-42-22-31(44-37)27-13-11-26(12-14-27)28-15-16-30-29(21-28)24-53-19-5-6-20-54-25-33(46-39(50)52-4)38(49)47-17-7-9-34(47)36-43-23-32(30)45-36/h5-6,11-16,21-23,33-35H,7-10,17-20,24-25H2,1-4H3,(H,42,44)(H,43,45)(H,46,50)/b6-5+/t33-,34-,35-/m0/s1. The maximum atomic E-state index is 13.7. The van der Waals surface area contributed by atoms with Crippen LogP contribution in [0.5, 0.6) is 0 Å². The zero-order chi connectivity index (χ0) is 38.5. The van der Waals surface area contributed by atoms with E-state index in [0.717, 1.165) is 70.7 Å². The number of aromatic nitrogens is 4. The molecule has 3 aliphatic rings. The monoisotopic (exact) mass is 751 g/mol. The molecular weight excluding hydrogens is 702 g/mol. The van der Waals surface area contributed by atoms with E-state index >= 15 is 0 Å². The lowest BCUT2D eigenvalue weighted by atomic mass is 9.97. The highest BCUT2D eigenvalue weighted by Crippen LogP contribution is 2.36. The van der Waals surface area contributed by atoms with Gasteiger partial charge in [-0.25, -0.2) is 19.6 Å². The molecule has 2 saturated heterocycles. The van der Waals surface area contributed by atoms with Crippen molar-refractivity contribution >= 4 is 18.1 Å². The summed E-state index contributed by atoms with van der Waals surface area (Å²) in [6.45, 7) is 7.78. The van der Waals surface area contributed by atoms with Crippen LogP contribution in [0.2, 0.25) is 0 Å². The predicted molar refractivity (Wildman–Crippen MR) is 205 cm³/mol. The number of likely N-dealkylation sites (tertiary alicyclic amines) is 1. The maximum absolute atomic E-state index is 13.7. The molecule has 14 heteroatoms. The van der Waals surface area contributed by atoms with Crippen LogP contribution in [0.15, 0.2) is 67.0 Å². The second kappa shape index (κ2) is 16.5. The van der Waals surface area contributed by atoms with Gasteiger partial charge in [-0.05, 0) is 74.8 Å². The average Bonchev–Trinajstić information content (AvgIpc) is 4.01. The molecule has 0 spiro atoms. The van der Waals surface area contributed by atoms with Gasteiger partial charge in [0.2, 0.25) is 5.91 Å². The molecule has 3 N–H and O–H groups in total. The SMILES string of the molecule is COC(=O)N[C@H]1COC/C=C/COCc2cc(-c3ccc(-c4cnc([C@@H]5CCCN5C(=O)OC(C)(C)C)[nH]4)cc3)ccc2-c2cnc([nH]2)[C@@H]2CCCN2C1=O. The van der Waals surface area contributed by atoms with Crippen LogP contribution in [-0.4, -0.2) is 99.5 Å². The van der Waals surface area contributed by atoms with Crippen molar-refractivity contribution in [1.29, 1.82) is 0 Å². The van der Waals surface area contributed by atoms with Crippen molar-refractivity contribution in [3.63, 3.8) is 0 Å². The fourth-order valence-electron chi connectivity index (χ4n) is 7.40. The largest absolute Gasteiger partial charge is 0.453 e. The van der Waals surface area contributed by atoms with Crippen molar-refractivity contribution in [2.45, 2.75) is 76.8 Å². The van der Waals surface area contributed by atoms with Gasteiger partial charge in [0.1, 0.15) is 23.3 Å². The summed E-state index contributed by atoms with van der Waals surface area (Å²) in [7, 11) is 1.26. The third kappa shape index (κ3) is 8.76. The summed E-state index contributed by atoms with van der Waals surface area (Å²) in [5.41, 5.74) is 6.14. The number of fused-ring (bicyclic) bond motifs is 6. The number of carbonyl (C=O) groups excluding carboxylic acids is 3. The van der Waals surface area contributed by atoms with Crippen molar-refractivity contribution in [2.75, 3.05) is 40.0 Å². The molecule has 0 radical (unpaired) electrons. The second-order valence-corrected chi connectivity index (χ2v) is 15.0. The molecule has 0 unspecified atom stereocenters. The Balaban J connectivity index is 1.11. The molecule has 7 rings (SSSR count). The lowest BCUT2D eigenvalue weighted by Crippen LogP contribution is -2.50. The number of nitrogens with zero attached hydrogens (tertiary/aromatic N) is 4. The van der Waals surface area contributed by atoms with E-state index in [1.807, 2.05) is 39.1 Å². The van der Waals surface area contributed by atoms with Crippen molar-refractivity contribution in [1.82, 2.24) is 35.1 Å². The minimum absolute atomic E-state index is 0.00106. The Kier molecular flexibility index (Phi) is 11.3. The van der Waals surface area contributed by atoms with Gasteiger partial charge >= 0.3 is 12.2 Å². The lowest BCUT2D eigenvalue weighted by Gasteiger charge is -2.28. The van der Waals surface area contributed by atoms with Crippen LogP contribution < -0.4 is 5.32 Å². The number of hydrogen-bond acceptors (Lipinski definition) is 9. The molecule has 2 fully saturated rings. The van der Waals surface area contributed by atoms with E-state index < -0.39 is 17.7 Å². The van der Waals surface area contributed by atoms with Gasteiger partial charge in [-0.2, -0.15) is 0 Å². The average molecular weight is 752 g/mol. The van der Waals surface area contributed by atoms with Crippen LogP contribution >= 0.6 is 0 Å². The molecule has 290 valence electrons. The summed E-state index contributed by atoms with van der Waals surface area (Å²) in [5.74, 6) is 1.19. The summed E-state index contributed by atoms with van der Waals surface area (Å²) >= 11 is 0. The van der Waals surface area contributed by atoms with Crippen LogP contribution in [-0.2, 0) is 30.3 Å². The number of nitrogens with one attached hydrogen (secondary N) is 3. The minimum atomic E-state index is -0.901. The van der Waals surface area contributed by atoms with E-state index in [0.29, 0.717) is 32.1 Å². The van der Waals surface area contributed by atoms with Crippen molar-refractivity contribution in [3.8, 4) is 33.6 Å². The summed E-state index contributed by atoms with van der Waals surface area (Å²) in [6, 6.07) is 13.3. The van der Waals surface area contributed by atoms with E-state index in [1.54, 1.807) is 16.0 Å². The van der Waals surface area contributed by atoms with Crippen LogP contribution in [0.25, 0.3) is 33.6 Å². The van der Waals surface area contributed by atoms with Gasteiger partial charge in [-0.15, -0.1) is 0 Å². The van der Waals surface area contributed by atoms with Gasteiger partial charge in [-0.3, -0.25) is 9.69 Å². The molecule has 4 aromatic rings. The van der Waals surface area contributed by atoms with Crippen LogP contribution in [0.1, 0.15) is 75.8 Å². The van der Waals surface area contributed by atoms with Crippen molar-refractivity contribution < 1.29 is 33.3 Å². The topological polar surface area (TPSA) is 164 Å². The Morgan fingerprint density at radius 2 is 1.51 bits per heavy atom. The highest BCUT2D eigenvalue weighted by Gasteiger charge is 2.37. The first-order valence-electron chi connectivity index (χ1n) is 18.9. The maximum Gasteiger partial charge on any atom is 0.410 e. The number of benzene rings is 2. The fraction of sp³-hybridized carbons (Fsp3) is 0.439. The molecule has 0 aliphatic carbocycles. The molecule has 2 aromatic heterocycles. The zero-order valence-electron chi connectivity index (χ0n) is 31.8. The molecule has 0 saturated carbocycles. The number of rotatable bonds is 4. The number of imidazole rings is 2. The van der Waals surface area contributed by atoms with Gasteiger partial charge in [0.05, 0.1) is 69.4 Å². The summed E-state index contributed by atoms with van der Waals surface area (Å²) in [6.07, 6.45) is 9.59. The normalized spacial score (nSPS) is 21.4. The number of alkyl carbamates (subject to hydrolysis) is 1. The van der Waals surface area contributed by atoms with Gasteiger partial charge in [0.25, 0.3) is 0 Å². The summed E-state index contributed by atoms with van der Waals surface area (Å²) in [4.78, 5) is 58.6. The van der Waals surface area contributed by atoms with E-state index in [1.165, 1.54) is 7.11 Å². The number of ether oxygens (including phenoxy) is 4. The first-order chi connectivity index (χ1) is 26.6. The highest BCUT2D eigenvalue weighted by molar-refractivity contribution is 5.86. The number of H-pyrrole nitrogens is 2. The lowest BCUT2D eigenvalue weighted by molar-refractivity contribution is -0.135. The Hall–Kier alpha value is -5.47. The van der Waals surface area contributed by atoms with Gasteiger partial charge in [-0.1, -0.05) is 48.6 Å². The van der Waals surface area contributed by atoms with Crippen LogP contribution in [0.4, 0.5) is 9.59 Å². The quantitative estimate of drug-likeness (QED) is 0.193. The first kappa shape index (κ1) is 37.8. The van der Waals surface area contributed by atoms with Gasteiger partial charge in [0, 0.05) is 18.7 Å². The van der Waals surface area contributed by atoms with Gasteiger partial charge in [0.15, 0.2) is 0 Å². The Morgan fingerprint density at radius 1 is 0.855 bits per heavy atom. The molecule has 14 nitrogen and oxygen atoms in total.